The lowest BCUT2D eigenvalue weighted by Gasteiger charge is -2.32. The zero-order valence-electron chi connectivity index (χ0n) is 23.3. The minimum atomic E-state index is -0.149. The van der Waals surface area contributed by atoms with Gasteiger partial charge in [0.25, 0.3) is 5.56 Å². The fourth-order valence-electron chi connectivity index (χ4n) is 5.07. The van der Waals surface area contributed by atoms with Crippen molar-refractivity contribution in [2.24, 2.45) is 0 Å². The molecule has 1 aromatic carbocycles. The number of pyridine rings is 2. The first kappa shape index (κ1) is 28.9. The van der Waals surface area contributed by atoms with Crippen molar-refractivity contribution in [3.05, 3.63) is 108 Å². The Kier molecular flexibility index (Phi) is 10.4. The van der Waals surface area contributed by atoms with Gasteiger partial charge in [0, 0.05) is 43.0 Å². The molecule has 7 heteroatoms. The number of amides is 1. The topological polar surface area (TPSA) is 90.1 Å². The number of fused-ring (bicyclic) bond motifs is 1. The van der Waals surface area contributed by atoms with Gasteiger partial charge in [0.2, 0.25) is 5.91 Å². The van der Waals surface area contributed by atoms with E-state index in [2.05, 4.69) is 57.9 Å². The highest BCUT2D eigenvalue weighted by Gasteiger charge is 2.19. The summed E-state index contributed by atoms with van der Waals surface area (Å²) in [6.45, 7) is 14.1. The van der Waals surface area contributed by atoms with Crippen LogP contribution in [0.5, 0.6) is 0 Å². The number of benzene rings is 1. The Morgan fingerprint density at radius 2 is 1.95 bits per heavy atom. The SMILES string of the molecule is C=C/C=C\C(=C/C)c1cc2c(=O)[nH]ccc2nc1-c1ccc(CNCCCN2CCC(NC(=O)C=C)CC2)cc1. The van der Waals surface area contributed by atoms with Crippen LogP contribution in [0.25, 0.3) is 27.7 Å². The van der Waals surface area contributed by atoms with E-state index in [1.807, 2.05) is 37.3 Å². The van der Waals surface area contributed by atoms with Gasteiger partial charge in [-0.25, -0.2) is 4.98 Å². The van der Waals surface area contributed by atoms with E-state index < -0.39 is 0 Å². The van der Waals surface area contributed by atoms with Crippen LogP contribution in [0.4, 0.5) is 0 Å². The van der Waals surface area contributed by atoms with E-state index >= 15 is 0 Å². The number of hydrogen-bond donors (Lipinski definition) is 3. The van der Waals surface area contributed by atoms with Gasteiger partial charge in [0.1, 0.15) is 0 Å². The first-order valence-electron chi connectivity index (χ1n) is 14.0. The summed E-state index contributed by atoms with van der Waals surface area (Å²) in [5.41, 5.74) is 5.45. The summed E-state index contributed by atoms with van der Waals surface area (Å²) in [4.78, 5) is 34.1. The van der Waals surface area contributed by atoms with Crippen molar-refractivity contribution in [1.29, 1.82) is 0 Å². The van der Waals surface area contributed by atoms with Crippen LogP contribution in [0.2, 0.25) is 0 Å². The number of likely N-dealkylation sites (tertiary alicyclic amines) is 1. The van der Waals surface area contributed by atoms with Crippen LogP contribution < -0.4 is 16.2 Å². The average molecular weight is 538 g/mol. The minimum Gasteiger partial charge on any atom is -0.350 e. The van der Waals surface area contributed by atoms with E-state index in [0.717, 1.165) is 74.4 Å². The molecule has 1 aliphatic heterocycles. The molecule has 3 N–H and O–H groups in total. The second-order valence-corrected chi connectivity index (χ2v) is 10.0. The van der Waals surface area contributed by atoms with Crippen LogP contribution in [-0.4, -0.2) is 53.0 Å². The molecular weight excluding hydrogens is 498 g/mol. The maximum atomic E-state index is 12.5. The van der Waals surface area contributed by atoms with Crippen LogP contribution in [0.1, 0.15) is 37.3 Å². The summed E-state index contributed by atoms with van der Waals surface area (Å²) in [5, 5.41) is 7.13. The van der Waals surface area contributed by atoms with Crippen LogP contribution in [0, 0.1) is 0 Å². The molecule has 40 heavy (non-hydrogen) atoms. The van der Waals surface area contributed by atoms with Crippen LogP contribution in [0.3, 0.4) is 0 Å². The smallest absolute Gasteiger partial charge is 0.257 e. The molecule has 0 unspecified atom stereocenters. The molecule has 1 fully saturated rings. The predicted octanol–water partition coefficient (Wildman–Crippen LogP) is 4.98. The van der Waals surface area contributed by atoms with E-state index in [4.69, 9.17) is 4.98 Å². The molecule has 7 nitrogen and oxygen atoms in total. The number of aromatic amines is 1. The zero-order chi connectivity index (χ0) is 28.3. The molecule has 3 aromatic rings. The van der Waals surface area contributed by atoms with Gasteiger partial charge in [-0.1, -0.05) is 61.7 Å². The molecular formula is C33H39N5O2. The normalized spacial score (nSPS) is 15.0. The lowest BCUT2D eigenvalue weighted by molar-refractivity contribution is -0.117. The summed E-state index contributed by atoms with van der Waals surface area (Å²) < 4.78 is 0. The van der Waals surface area contributed by atoms with Gasteiger partial charge in [0.15, 0.2) is 0 Å². The molecule has 1 saturated heterocycles. The maximum absolute atomic E-state index is 12.5. The number of carbonyl (C=O) groups is 1. The van der Waals surface area contributed by atoms with Gasteiger partial charge in [-0.2, -0.15) is 0 Å². The van der Waals surface area contributed by atoms with E-state index in [1.54, 1.807) is 12.3 Å². The fraction of sp³-hybridized carbons (Fsp3) is 0.303. The van der Waals surface area contributed by atoms with Crippen molar-refractivity contribution < 1.29 is 4.79 Å². The Hall–Kier alpha value is -4.07. The van der Waals surface area contributed by atoms with E-state index in [9.17, 15) is 9.59 Å². The van der Waals surface area contributed by atoms with Gasteiger partial charge in [-0.3, -0.25) is 9.59 Å². The van der Waals surface area contributed by atoms with Gasteiger partial charge < -0.3 is 20.5 Å². The maximum Gasteiger partial charge on any atom is 0.257 e. The van der Waals surface area contributed by atoms with Gasteiger partial charge in [-0.05, 0) is 68.6 Å². The summed E-state index contributed by atoms with van der Waals surface area (Å²) >= 11 is 0. The molecule has 0 radical (unpaired) electrons. The number of hydrogen-bond acceptors (Lipinski definition) is 5. The van der Waals surface area contributed by atoms with Crippen LogP contribution in [0.15, 0.2) is 90.9 Å². The number of nitrogens with zero attached hydrogens (tertiary/aromatic N) is 2. The van der Waals surface area contributed by atoms with Gasteiger partial charge >= 0.3 is 0 Å². The monoisotopic (exact) mass is 537 g/mol. The predicted molar refractivity (Wildman–Crippen MR) is 165 cm³/mol. The standard InChI is InChI=1S/C33H39N5O2/c1-4-7-9-25(5-2)28-22-29-30(14-18-35-33(29)40)37-32(28)26-12-10-24(11-13-26)23-34-17-8-19-38-20-15-27(16-21-38)36-31(39)6-3/h4-7,9-14,18,22,27,34H,1,3,8,15-17,19-21,23H2,2H3,(H,35,40)(H,36,39)/b9-7-,25-5+. The van der Waals surface area contributed by atoms with Crippen molar-refractivity contribution in [3.8, 4) is 11.3 Å². The van der Waals surface area contributed by atoms with Crippen molar-refractivity contribution in [2.45, 2.75) is 38.8 Å². The quantitative estimate of drug-likeness (QED) is 0.172. The number of piperidine rings is 1. The largest absolute Gasteiger partial charge is 0.350 e. The number of aromatic nitrogens is 2. The Morgan fingerprint density at radius 1 is 1.18 bits per heavy atom. The first-order valence-corrected chi connectivity index (χ1v) is 14.0. The van der Waals surface area contributed by atoms with Crippen LogP contribution >= 0.6 is 0 Å². The number of rotatable bonds is 12. The summed E-state index contributed by atoms with van der Waals surface area (Å²) in [6, 6.07) is 12.5. The molecule has 2 aromatic heterocycles. The Balaban J connectivity index is 1.35. The Bertz CT molecular complexity index is 1440. The molecule has 208 valence electrons. The third kappa shape index (κ3) is 7.52. The highest BCUT2D eigenvalue weighted by Crippen LogP contribution is 2.30. The fourth-order valence-corrected chi connectivity index (χ4v) is 5.07. The molecule has 4 rings (SSSR count). The molecule has 3 heterocycles. The lowest BCUT2D eigenvalue weighted by atomic mass is 9.96. The highest BCUT2D eigenvalue weighted by molar-refractivity contribution is 5.91. The van der Waals surface area contributed by atoms with Crippen molar-refractivity contribution in [2.75, 3.05) is 26.2 Å². The highest BCUT2D eigenvalue weighted by atomic mass is 16.1. The molecule has 1 amide bonds. The molecule has 1 aliphatic rings. The van der Waals surface area contributed by atoms with Crippen LogP contribution in [-0.2, 0) is 11.3 Å². The van der Waals surface area contributed by atoms with Crippen molar-refractivity contribution >= 4 is 22.4 Å². The van der Waals surface area contributed by atoms with E-state index in [0.29, 0.717) is 10.9 Å². The molecule has 0 aliphatic carbocycles. The Morgan fingerprint density at radius 3 is 2.65 bits per heavy atom. The number of allylic oxidation sites excluding steroid dienone is 5. The van der Waals surface area contributed by atoms with Gasteiger partial charge in [0.05, 0.1) is 16.6 Å². The Labute approximate surface area is 236 Å². The molecule has 0 spiro atoms. The van der Waals surface area contributed by atoms with E-state index in [1.165, 1.54) is 11.6 Å². The summed E-state index contributed by atoms with van der Waals surface area (Å²) in [6.07, 6.45) is 13.7. The number of nitrogens with one attached hydrogen (secondary N) is 3. The van der Waals surface area contributed by atoms with E-state index in [-0.39, 0.29) is 17.5 Å². The number of carbonyl (C=O) groups excluding carboxylic acids is 1. The second-order valence-electron chi connectivity index (χ2n) is 10.0. The third-order valence-electron chi connectivity index (χ3n) is 7.29. The molecule has 0 bridgehead atoms. The zero-order valence-corrected chi connectivity index (χ0v) is 23.3. The summed E-state index contributed by atoms with van der Waals surface area (Å²) in [7, 11) is 0. The average Bonchev–Trinajstić information content (AvgIpc) is 2.98. The number of H-pyrrole nitrogens is 1. The summed E-state index contributed by atoms with van der Waals surface area (Å²) in [5.74, 6) is -0.0792. The third-order valence-corrected chi connectivity index (χ3v) is 7.29. The van der Waals surface area contributed by atoms with Gasteiger partial charge in [-0.15, -0.1) is 0 Å². The first-order chi connectivity index (χ1) is 19.5. The minimum absolute atomic E-state index is 0.0792. The van der Waals surface area contributed by atoms with Crippen molar-refractivity contribution in [3.63, 3.8) is 0 Å². The molecule has 0 saturated carbocycles. The second kappa shape index (κ2) is 14.4. The lowest BCUT2D eigenvalue weighted by Crippen LogP contribution is -2.44. The van der Waals surface area contributed by atoms with Crippen molar-refractivity contribution in [1.82, 2.24) is 25.5 Å². The molecule has 0 atom stereocenters.